The second kappa shape index (κ2) is 8.52. The molecule has 0 bridgehead atoms. The molecule has 1 heterocycles. The van der Waals surface area contributed by atoms with Crippen molar-refractivity contribution in [3.63, 3.8) is 0 Å². The fraction of sp³-hybridized carbons (Fsp3) is 0.333. The highest BCUT2D eigenvalue weighted by molar-refractivity contribution is 6.46. The molecule has 0 spiro atoms. The fourth-order valence-corrected chi connectivity index (χ4v) is 4.63. The van der Waals surface area contributed by atoms with Crippen LogP contribution in [0.5, 0.6) is 5.75 Å². The Labute approximate surface area is 180 Å². The highest BCUT2D eigenvalue weighted by atomic mass is 35.5. The molecule has 5 nitrogen and oxygen atoms in total. The maximum atomic E-state index is 13.1. The van der Waals surface area contributed by atoms with Crippen LogP contribution < -0.4 is 4.74 Å². The molecule has 156 valence electrons. The van der Waals surface area contributed by atoms with Crippen molar-refractivity contribution in [2.45, 2.75) is 44.7 Å². The first kappa shape index (κ1) is 20.5. The quantitative estimate of drug-likeness (QED) is 0.411. The zero-order valence-corrected chi connectivity index (χ0v) is 17.6. The van der Waals surface area contributed by atoms with Gasteiger partial charge >= 0.3 is 0 Å². The number of likely N-dealkylation sites (tertiary alicyclic amines) is 1. The van der Waals surface area contributed by atoms with Gasteiger partial charge in [0.2, 0.25) is 0 Å². The summed E-state index contributed by atoms with van der Waals surface area (Å²) in [5, 5.41) is 11.5. The lowest BCUT2D eigenvalue weighted by atomic mass is 9.94. The Morgan fingerprint density at radius 2 is 1.83 bits per heavy atom. The van der Waals surface area contributed by atoms with Crippen molar-refractivity contribution in [3.8, 4) is 5.75 Å². The molecule has 2 aliphatic rings. The fourth-order valence-electron chi connectivity index (χ4n) is 4.44. The van der Waals surface area contributed by atoms with E-state index in [0.29, 0.717) is 22.9 Å². The van der Waals surface area contributed by atoms with E-state index in [0.717, 1.165) is 31.2 Å². The summed E-state index contributed by atoms with van der Waals surface area (Å²) >= 11 is 6.08. The summed E-state index contributed by atoms with van der Waals surface area (Å²) in [4.78, 5) is 27.8. The van der Waals surface area contributed by atoms with Crippen LogP contribution in [0.15, 0.2) is 54.1 Å². The number of hydrogen-bond donors (Lipinski definition) is 1. The number of aliphatic hydroxyl groups is 1. The number of Topliss-reactive ketones (excluding diaryl/α,β-unsaturated/α-hetero) is 1. The number of aliphatic hydroxyl groups excluding tert-OH is 1. The second-order valence-corrected chi connectivity index (χ2v) is 8.09. The molecule has 2 fully saturated rings. The van der Waals surface area contributed by atoms with Crippen LogP contribution in [0.25, 0.3) is 5.76 Å². The Morgan fingerprint density at radius 3 is 2.47 bits per heavy atom. The van der Waals surface area contributed by atoms with E-state index in [2.05, 4.69) is 0 Å². The van der Waals surface area contributed by atoms with Gasteiger partial charge in [-0.05, 0) is 49.6 Å². The Bertz CT molecular complexity index is 993. The molecular formula is C24H24ClNO4. The SMILES string of the molecule is CCOc1ccc(C2/C(=C(/O)c3cccc(Cl)c3)C(=O)C(=O)N2C2CCCC2)cc1. The number of rotatable bonds is 5. The summed E-state index contributed by atoms with van der Waals surface area (Å²) < 4.78 is 5.53. The van der Waals surface area contributed by atoms with E-state index in [1.165, 1.54) is 0 Å². The summed E-state index contributed by atoms with van der Waals surface area (Å²) in [7, 11) is 0. The first-order valence-corrected chi connectivity index (χ1v) is 10.7. The van der Waals surface area contributed by atoms with Crippen molar-refractivity contribution in [1.82, 2.24) is 4.90 Å². The number of carbonyl (C=O) groups excluding carboxylic acids is 2. The topological polar surface area (TPSA) is 66.8 Å². The molecule has 1 saturated carbocycles. The molecule has 1 saturated heterocycles. The molecule has 30 heavy (non-hydrogen) atoms. The lowest BCUT2D eigenvalue weighted by Gasteiger charge is -2.30. The molecule has 1 amide bonds. The van der Waals surface area contributed by atoms with Crippen LogP contribution in [-0.2, 0) is 9.59 Å². The molecular weight excluding hydrogens is 402 g/mol. The van der Waals surface area contributed by atoms with Gasteiger partial charge in [0, 0.05) is 16.6 Å². The van der Waals surface area contributed by atoms with Crippen LogP contribution in [0.4, 0.5) is 0 Å². The number of benzene rings is 2. The molecule has 1 atom stereocenters. The van der Waals surface area contributed by atoms with Gasteiger partial charge in [0.25, 0.3) is 11.7 Å². The Kier molecular flexibility index (Phi) is 5.82. The largest absolute Gasteiger partial charge is 0.507 e. The number of halogens is 1. The monoisotopic (exact) mass is 425 g/mol. The van der Waals surface area contributed by atoms with Gasteiger partial charge in [0.1, 0.15) is 11.5 Å². The number of amides is 1. The molecule has 1 aliphatic heterocycles. The third kappa shape index (κ3) is 3.70. The summed E-state index contributed by atoms with van der Waals surface area (Å²) in [5.74, 6) is -0.688. The number of hydrogen-bond acceptors (Lipinski definition) is 4. The molecule has 1 N–H and O–H groups in total. The third-order valence-corrected chi connectivity index (χ3v) is 6.04. The molecule has 1 unspecified atom stereocenters. The number of nitrogens with zero attached hydrogens (tertiary/aromatic N) is 1. The maximum absolute atomic E-state index is 13.1. The summed E-state index contributed by atoms with van der Waals surface area (Å²) in [6.45, 7) is 2.46. The van der Waals surface area contributed by atoms with Crippen molar-refractivity contribution in [2.75, 3.05) is 6.61 Å². The molecule has 2 aromatic carbocycles. The third-order valence-electron chi connectivity index (χ3n) is 5.80. The van der Waals surface area contributed by atoms with Crippen molar-refractivity contribution in [3.05, 3.63) is 70.3 Å². The van der Waals surface area contributed by atoms with Gasteiger partial charge < -0.3 is 14.7 Å². The average molecular weight is 426 g/mol. The molecule has 2 aromatic rings. The smallest absolute Gasteiger partial charge is 0.295 e. The molecule has 6 heteroatoms. The van der Waals surface area contributed by atoms with Gasteiger partial charge in [0.05, 0.1) is 18.2 Å². The highest BCUT2D eigenvalue weighted by Crippen LogP contribution is 2.43. The maximum Gasteiger partial charge on any atom is 0.295 e. The van der Waals surface area contributed by atoms with Crippen LogP contribution in [-0.4, -0.2) is 34.3 Å². The lowest BCUT2D eigenvalue weighted by Crippen LogP contribution is -2.37. The van der Waals surface area contributed by atoms with Gasteiger partial charge in [-0.3, -0.25) is 9.59 Å². The molecule has 1 aliphatic carbocycles. The second-order valence-electron chi connectivity index (χ2n) is 7.66. The van der Waals surface area contributed by atoms with E-state index in [1.807, 2.05) is 31.2 Å². The predicted molar refractivity (Wildman–Crippen MR) is 115 cm³/mol. The molecule has 0 radical (unpaired) electrons. The van der Waals surface area contributed by atoms with E-state index in [1.54, 1.807) is 29.2 Å². The van der Waals surface area contributed by atoms with Crippen molar-refractivity contribution >= 4 is 29.1 Å². The van der Waals surface area contributed by atoms with Crippen LogP contribution in [0, 0.1) is 0 Å². The number of carbonyl (C=O) groups is 2. The number of ketones is 1. The van der Waals surface area contributed by atoms with Crippen molar-refractivity contribution in [1.29, 1.82) is 0 Å². The zero-order valence-electron chi connectivity index (χ0n) is 16.8. The Morgan fingerprint density at radius 1 is 1.13 bits per heavy atom. The first-order chi connectivity index (χ1) is 14.5. The van der Waals surface area contributed by atoms with Crippen molar-refractivity contribution < 1.29 is 19.4 Å². The minimum atomic E-state index is -0.654. The van der Waals surface area contributed by atoms with Gasteiger partial charge in [-0.1, -0.05) is 48.7 Å². The first-order valence-electron chi connectivity index (χ1n) is 10.3. The number of ether oxygens (including phenoxy) is 1. The summed E-state index contributed by atoms with van der Waals surface area (Å²) in [6, 6.07) is 13.4. The normalized spacial score (nSPS) is 21.4. The molecule has 4 rings (SSSR count). The Hall–Kier alpha value is -2.79. The zero-order chi connectivity index (χ0) is 21.3. The van der Waals surface area contributed by atoms with E-state index in [4.69, 9.17) is 16.3 Å². The van der Waals surface area contributed by atoms with E-state index < -0.39 is 17.7 Å². The minimum Gasteiger partial charge on any atom is -0.507 e. The summed E-state index contributed by atoms with van der Waals surface area (Å²) in [5.41, 5.74) is 1.30. The Balaban J connectivity index is 1.84. The highest BCUT2D eigenvalue weighted by Gasteiger charge is 2.49. The van der Waals surface area contributed by atoms with Crippen LogP contribution >= 0.6 is 11.6 Å². The van der Waals surface area contributed by atoms with E-state index in [9.17, 15) is 14.7 Å². The van der Waals surface area contributed by atoms with Gasteiger partial charge in [0.15, 0.2) is 0 Å². The predicted octanol–water partition coefficient (Wildman–Crippen LogP) is 5.10. The van der Waals surface area contributed by atoms with Gasteiger partial charge in [-0.2, -0.15) is 0 Å². The lowest BCUT2D eigenvalue weighted by molar-refractivity contribution is -0.141. The summed E-state index contributed by atoms with van der Waals surface area (Å²) in [6.07, 6.45) is 3.77. The van der Waals surface area contributed by atoms with E-state index in [-0.39, 0.29) is 17.4 Å². The van der Waals surface area contributed by atoms with Gasteiger partial charge in [-0.15, -0.1) is 0 Å². The standard InChI is InChI=1S/C24H24ClNO4/c1-2-30-19-12-10-15(11-13-19)21-20(22(27)16-6-5-7-17(25)14-16)23(28)24(29)26(21)18-8-3-4-9-18/h5-7,10-14,18,21,27H,2-4,8-9H2,1H3/b22-20-. The van der Waals surface area contributed by atoms with Crippen LogP contribution in [0.1, 0.15) is 49.8 Å². The average Bonchev–Trinajstić information content (AvgIpc) is 3.35. The van der Waals surface area contributed by atoms with Crippen molar-refractivity contribution in [2.24, 2.45) is 0 Å². The van der Waals surface area contributed by atoms with E-state index >= 15 is 0 Å². The molecule has 0 aromatic heterocycles. The van der Waals surface area contributed by atoms with Gasteiger partial charge in [-0.25, -0.2) is 0 Å². The van der Waals surface area contributed by atoms with Crippen LogP contribution in [0.2, 0.25) is 5.02 Å². The minimum absolute atomic E-state index is 0.0114. The van der Waals surface area contributed by atoms with Crippen LogP contribution in [0.3, 0.4) is 0 Å².